The van der Waals surface area contributed by atoms with Crippen molar-refractivity contribution < 1.29 is 14.4 Å². The molecule has 2 aromatic carbocycles. The van der Waals surface area contributed by atoms with E-state index in [4.69, 9.17) is 0 Å². The van der Waals surface area contributed by atoms with Crippen molar-refractivity contribution in [2.45, 2.75) is 52.0 Å². The van der Waals surface area contributed by atoms with Gasteiger partial charge in [0.1, 0.15) is 0 Å². The summed E-state index contributed by atoms with van der Waals surface area (Å²) in [6, 6.07) is 13.9. The molecular weight excluding hydrogens is 414 g/mol. The Bertz CT molecular complexity index is 997. The van der Waals surface area contributed by atoms with Crippen LogP contribution in [-0.2, 0) is 9.59 Å². The van der Waals surface area contributed by atoms with Gasteiger partial charge in [-0.3, -0.25) is 14.4 Å². The SMILES string of the molecule is CC(C)CC(=O)N1CCC(NC(=O)C2CCN(C(=O)c3cccc4ccccc34)CC2)CC1. The summed E-state index contributed by atoms with van der Waals surface area (Å²) in [4.78, 5) is 42.1. The third-order valence-corrected chi connectivity index (χ3v) is 6.95. The Morgan fingerprint density at radius 1 is 0.879 bits per heavy atom. The lowest BCUT2D eigenvalue weighted by Crippen LogP contribution is -2.49. The van der Waals surface area contributed by atoms with Crippen LogP contribution in [0.15, 0.2) is 42.5 Å². The molecule has 2 aliphatic heterocycles. The summed E-state index contributed by atoms with van der Waals surface area (Å²) in [7, 11) is 0. The van der Waals surface area contributed by atoms with E-state index in [0.29, 0.717) is 51.4 Å². The van der Waals surface area contributed by atoms with Crippen molar-refractivity contribution in [2.75, 3.05) is 26.2 Å². The fourth-order valence-electron chi connectivity index (χ4n) is 5.00. The fourth-order valence-corrected chi connectivity index (χ4v) is 5.00. The minimum absolute atomic E-state index is 0.0455. The van der Waals surface area contributed by atoms with Crippen LogP contribution in [0.5, 0.6) is 0 Å². The summed E-state index contributed by atoms with van der Waals surface area (Å²) in [5.41, 5.74) is 0.731. The van der Waals surface area contributed by atoms with Crippen molar-refractivity contribution in [3.8, 4) is 0 Å². The maximum Gasteiger partial charge on any atom is 0.254 e. The van der Waals surface area contributed by atoms with Gasteiger partial charge >= 0.3 is 0 Å². The van der Waals surface area contributed by atoms with Crippen LogP contribution in [0.3, 0.4) is 0 Å². The molecule has 33 heavy (non-hydrogen) atoms. The second-order valence-electron chi connectivity index (χ2n) is 9.85. The number of hydrogen-bond acceptors (Lipinski definition) is 3. The normalized spacial score (nSPS) is 18.0. The second kappa shape index (κ2) is 10.4. The van der Waals surface area contributed by atoms with Crippen LogP contribution < -0.4 is 5.32 Å². The summed E-state index contributed by atoms with van der Waals surface area (Å²) in [6.45, 7) is 6.76. The van der Waals surface area contributed by atoms with Crippen LogP contribution >= 0.6 is 0 Å². The summed E-state index contributed by atoms with van der Waals surface area (Å²) < 4.78 is 0. The van der Waals surface area contributed by atoms with Crippen molar-refractivity contribution in [1.82, 2.24) is 15.1 Å². The molecule has 6 heteroatoms. The minimum atomic E-state index is -0.0535. The molecule has 0 aromatic heterocycles. The zero-order valence-corrected chi connectivity index (χ0v) is 19.8. The molecule has 0 unspecified atom stereocenters. The highest BCUT2D eigenvalue weighted by Gasteiger charge is 2.30. The lowest BCUT2D eigenvalue weighted by atomic mass is 9.93. The quantitative estimate of drug-likeness (QED) is 0.754. The summed E-state index contributed by atoms with van der Waals surface area (Å²) in [6.07, 6.45) is 3.59. The highest BCUT2D eigenvalue weighted by atomic mass is 16.2. The van der Waals surface area contributed by atoms with E-state index in [2.05, 4.69) is 19.2 Å². The molecular formula is C27H35N3O3. The highest BCUT2D eigenvalue weighted by molar-refractivity contribution is 6.07. The number of benzene rings is 2. The molecule has 2 aliphatic rings. The highest BCUT2D eigenvalue weighted by Crippen LogP contribution is 2.24. The standard InChI is InChI=1S/C27H35N3O3/c1-19(2)18-25(31)29-16-12-22(13-17-29)28-26(32)21-10-14-30(15-11-21)27(33)24-9-5-7-20-6-3-4-8-23(20)24/h3-9,19,21-22H,10-18H2,1-2H3,(H,28,32). The Balaban J connectivity index is 1.26. The molecule has 6 nitrogen and oxygen atoms in total. The maximum absolute atomic E-state index is 13.2. The van der Waals surface area contributed by atoms with E-state index in [-0.39, 0.29) is 29.7 Å². The number of carbonyl (C=O) groups is 3. The largest absolute Gasteiger partial charge is 0.353 e. The zero-order valence-electron chi connectivity index (χ0n) is 19.8. The molecule has 176 valence electrons. The van der Waals surface area contributed by atoms with Gasteiger partial charge in [-0.2, -0.15) is 0 Å². The Labute approximate surface area is 196 Å². The van der Waals surface area contributed by atoms with Gasteiger partial charge in [-0.15, -0.1) is 0 Å². The number of hydrogen-bond donors (Lipinski definition) is 1. The van der Waals surface area contributed by atoms with Gasteiger partial charge in [0.25, 0.3) is 5.91 Å². The Kier molecular flexibility index (Phi) is 7.31. The first-order valence-electron chi connectivity index (χ1n) is 12.3. The Morgan fingerprint density at radius 3 is 2.21 bits per heavy atom. The number of carbonyl (C=O) groups excluding carboxylic acids is 3. The number of rotatable bonds is 5. The summed E-state index contributed by atoms with van der Waals surface area (Å²) in [5.74, 6) is 0.678. The van der Waals surface area contributed by atoms with Crippen molar-refractivity contribution in [3.05, 3.63) is 48.0 Å². The molecule has 0 aliphatic carbocycles. The zero-order chi connectivity index (χ0) is 23.4. The molecule has 4 rings (SSSR count). The fraction of sp³-hybridized carbons (Fsp3) is 0.519. The lowest BCUT2D eigenvalue weighted by Gasteiger charge is -2.35. The van der Waals surface area contributed by atoms with Crippen molar-refractivity contribution >= 4 is 28.5 Å². The topological polar surface area (TPSA) is 69.7 Å². The third kappa shape index (κ3) is 5.55. The van der Waals surface area contributed by atoms with Crippen LogP contribution in [0.2, 0.25) is 0 Å². The van der Waals surface area contributed by atoms with Crippen molar-refractivity contribution in [2.24, 2.45) is 11.8 Å². The second-order valence-corrected chi connectivity index (χ2v) is 9.85. The molecule has 0 radical (unpaired) electrons. The van der Waals surface area contributed by atoms with E-state index in [1.165, 1.54) is 0 Å². The van der Waals surface area contributed by atoms with Gasteiger partial charge in [0.15, 0.2) is 0 Å². The van der Waals surface area contributed by atoms with Gasteiger partial charge in [-0.25, -0.2) is 0 Å². The predicted octanol–water partition coefficient (Wildman–Crippen LogP) is 3.85. The number of nitrogens with one attached hydrogen (secondary N) is 1. The van der Waals surface area contributed by atoms with E-state index < -0.39 is 0 Å². The monoisotopic (exact) mass is 449 g/mol. The van der Waals surface area contributed by atoms with E-state index >= 15 is 0 Å². The summed E-state index contributed by atoms with van der Waals surface area (Å²) >= 11 is 0. The number of fused-ring (bicyclic) bond motifs is 1. The van der Waals surface area contributed by atoms with Gasteiger partial charge < -0.3 is 15.1 Å². The van der Waals surface area contributed by atoms with E-state index in [1.54, 1.807) is 0 Å². The number of amides is 3. The predicted molar refractivity (Wildman–Crippen MR) is 130 cm³/mol. The number of nitrogens with zero attached hydrogens (tertiary/aromatic N) is 2. The van der Waals surface area contributed by atoms with Crippen LogP contribution in [0, 0.1) is 11.8 Å². The molecule has 3 amide bonds. The van der Waals surface area contributed by atoms with Gasteiger partial charge in [-0.05, 0) is 48.4 Å². The van der Waals surface area contributed by atoms with Gasteiger partial charge in [0.2, 0.25) is 11.8 Å². The van der Waals surface area contributed by atoms with Crippen molar-refractivity contribution in [1.29, 1.82) is 0 Å². The van der Waals surface area contributed by atoms with Crippen LogP contribution in [0.25, 0.3) is 10.8 Å². The van der Waals surface area contributed by atoms with E-state index in [0.717, 1.165) is 29.2 Å². The first kappa shape index (κ1) is 23.3. The molecule has 0 atom stereocenters. The Hall–Kier alpha value is -2.89. The molecule has 2 fully saturated rings. The van der Waals surface area contributed by atoms with Gasteiger partial charge in [-0.1, -0.05) is 50.2 Å². The molecule has 2 saturated heterocycles. The molecule has 0 saturated carbocycles. The van der Waals surface area contributed by atoms with Crippen LogP contribution in [-0.4, -0.2) is 59.7 Å². The number of likely N-dealkylation sites (tertiary alicyclic amines) is 2. The van der Waals surface area contributed by atoms with Gasteiger partial charge in [0.05, 0.1) is 0 Å². The van der Waals surface area contributed by atoms with Crippen LogP contribution in [0.1, 0.15) is 56.3 Å². The minimum Gasteiger partial charge on any atom is -0.353 e. The smallest absolute Gasteiger partial charge is 0.254 e. The third-order valence-electron chi connectivity index (χ3n) is 6.95. The average molecular weight is 450 g/mol. The molecule has 0 spiro atoms. The lowest BCUT2D eigenvalue weighted by molar-refractivity contribution is -0.133. The maximum atomic E-state index is 13.2. The molecule has 2 aromatic rings. The molecule has 0 bridgehead atoms. The van der Waals surface area contributed by atoms with Crippen LogP contribution in [0.4, 0.5) is 0 Å². The van der Waals surface area contributed by atoms with E-state index in [9.17, 15) is 14.4 Å². The van der Waals surface area contributed by atoms with Crippen molar-refractivity contribution in [3.63, 3.8) is 0 Å². The Morgan fingerprint density at radius 2 is 1.52 bits per heavy atom. The summed E-state index contributed by atoms with van der Waals surface area (Å²) in [5, 5.41) is 5.25. The van der Waals surface area contributed by atoms with Gasteiger partial charge in [0, 0.05) is 50.1 Å². The van der Waals surface area contributed by atoms with E-state index in [1.807, 2.05) is 52.3 Å². The number of piperidine rings is 2. The average Bonchev–Trinajstić information content (AvgIpc) is 2.83. The first-order chi connectivity index (χ1) is 15.9. The molecule has 2 heterocycles. The first-order valence-corrected chi connectivity index (χ1v) is 12.3. The molecule has 1 N–H and O–H groups in total.